The molecular weight excluding hydrogens is 429 g/mol. The molecule has 10 nitrogen and oxygen atoms in total. The highest BCUT2D eigenvalue weighted by atomic mass is 19.4. The minimum Gasteiger partial charge on any atom is -0.368 e. The number of anilines is 4. The molecule has 2 aromatic rings. The van der Waals surface area contributed by atoms with Crippen molar-refractivity contribution in [2.45, 2.75) is 25.1 Å². The molecule has 2 aliphatic rings. The predicted molar refractivity (Wildman–Crippen MR) is 110 cm³/mol. The quantitative estimate of drug-likeness (QED) is 0.604. The Hall–Kier alpha value is -3.64. The van der Waals surface area contributed by atoms with E-state index in [2.05, 4.69) is 25.8 Å². The first kappa shape index (κ1) is 21.6. The lowest BCUT2D eigenvalue weighted by Crippen LogP contribution is -2.52. The second-order valence-corrected chi connectivity index (χ2v) is 7.56. The minimum atomic E-state index is -4.85. The van der Waals surface area contributed by atoms with Crippen LogP contribution in [0.3, 0.4) is 0 Å². The zero-order chi connectivity index (χ0) is 22.9. The number of hydrogen-bond acceptors (Lipinski definition) is 8. The number of halogens is 3. The molecule has 2 fully saturated rings. The first-order valence-electron chi connectivity index (χ1n) is 10.00. The van der Waals surface area contributed by atoms with Crippen LogP contribution in [0.25, 0.3) is 0 Å². The summed E-state index contributed by atoms with van der Waals surface area (Å²) in [5, 5.41) is 13.8. The molecule has 4 rings (SSSR count). The monoisotopic (exact) mass is 450 g/mol. The number of nitrogens with one attached hydrogen (secondary N) is 2. The van der Waals surface area contributed by atoms with Gasteiger partial charge < -0.3 is 26.2 Å². The molecule has 2 heterocycles. The summed E-state index contributed by atoms with van der Waals surface area (Å²) in [6.07, 6.45) is -2.90. The molecule has 13 heteroatoms. The highest BCUT2D eigenvalue weighted by Crippen LogP contribution is 2.26. The van der Waals surface area contributed by atoms with E-state index in [-0.39, 0.29) is 36.6 Å². The zero-order valence-electron chi connectivity index (χ0n) is 16.9. The zero-order valence-corrected chi connectivity index (χ0v) is 16.9. The Morgan fingerprint density at radius 2 is 1.69 bits per heavy atom. The first-order valence-corrected chi connectivity index (χ1v) is 10.00. The maximum absolute atomic E-state index is 12.6. The van der Waals surface area contributed by atoms with Gasteiger partial charge in [0.15, 0.2) is 11.5 Å². The summed E-state index contributed by atoms with van der Waals surface area (Å²) < 4.78 is 37.7. The van der Waals surface area contributed by atoms with Gasteiger partial charge in [0.1, 0.15) is 0 Å². The number of hydrogen-bond donors (Lipinski definition) is 3. The van der Waals surface area contributed by atoms with E-state index in [1.54, 1.807) is 24.3 Å². The van der Waals surface area contributed by atoms with Crippen molar-refractivity contribution in [1.29, 1.82) is 0 Å². The van der Waals surface area contributed by atoms with E-state index >= 15 is 0 Å². The second-order valence-electron chi connectivity index (χ2n) is 7.56. The Labute approximate surface area is 181 Å². The highest BCUT2D eigenvalue weighted by Gasteiger charge is 2.43. The van der Waals surface area contributed by atoms with E-state index in [0.717, 1.165) is 23.4 Å². The van der Waals surface area contributed by atoms with Gasteiger partial charge in [-0.25, -0.2) is 0 Å². The molecule has 1 saturated carbocycles. The van der Waals surface area contributed by atoms with Crippen LogP contribution >= 0.6 is 0 Å². The second kappa shape index (κ2) is 8.48. The molecule has 1 aromatic heterocycles. The van der Waals surface area contributed by atoms with Gasteiger partial charge in [-0.2, -0.15) is 18.2 Å². The van der Waals surface area contributed by atoms with E-state index in [4.69, 9.17) is 5.73 Å². The van der Waals surface area contributed by atoms with E-state index in [0.29, 0.717) is 18.8 Å². The Morgan fingerprint density at radius 3 is 2.25 bits per heavy atom. The molecule has 1 aliphatic carbocycles. The van der Waals surface area contributed by atoms with Crippen LogP contribution < -0.4 is 21.3 Å². The lowest BCUT2D eigenvalue weighted by Gasteiger charge is -2.36. The van der Waals surface area contributed by atoms with Gasteiger partial charge in [-0.1, -0.05) is 0 Å². The van der Waals surface area contributed by atoms with Crippen LogP contribution in [-0.4, -0.2) is 70.3 Å². The Balaban J connectivity index is 1.38. The largest absolute Gasteiger partial charge is 0.471 e. The molecule has 0 radical (unpaired) electrons. The van der Waals surface area contributed by atoms with E-state index in [9.17, 15) is 22.8 Å². The molecule has 1 aliphatic heterocycles. The number of nitrogens with zero attached hydrogens (tertiary/aromatic N) is 5. The molecular formula is C19H21F3N8O2. The number of carbonyl (C=O) groups excluding carboxylic acids is 2. The van der Waals surface area contributed by atoms with Crippen molar-refractivity contribution >= 4 is 35.0 Å². The number of primary amides is 1. The average molecular weight is 450 g/mol. The fourth-order valence-electron chi connectivity index (χ4n) is 3.30. The van der Waals surface area contributed by atoms with Crippen LogP contribution in [0.5, 0.6) is 0 Å². The fraction of sp³-hybridized carbons (Fsp3) is 0.421. The van der Waals surface area contributed by atoms with Crippen LogP contribution in [0.1, 0.15) is 23.3 Å². The van der Waals surface area contributed by atoms with Gasteiger partial charge in [0.25, 0.3) is 5.91 Å². The molecule has 0 unspecified atom stereocenters. The van der Waals surface area contributed by atoms with Gasteiger partial charge in [-0.3, -0.25) is 9.59 Å². The standard InChI is InChI=1S/C19H21F3N8O2/c20-19(21,22)17(32)30-9-7-29(8-10-30)13-5-3-12(4-6-13)25-18-26-16(24-11-1-2-11)14(15(23)31)27-28-18/h3-6,11H,1-2,7-10H2,(H2,23,31)(H2,24,25,26,28). The van der Waals surface area contributed by atoms with Crippen molar-refractivity contribution in [3.05, 3.63) is 30.0 Å². The summed E-state index contributed by atoms with van der Waals surface area (Å²) in [5.74, 6) is -2.06. The smallest absolute Gasteiger partial charge is 0.368 e. The van der Waals surface area contributed by atoms with Crippen molar-refractivity contribution in [1.82, 2.24) is 20.1 Å². The lowest BCUT2D eigenvalue weighted by atomic mass is 10.2. The number of piperazine rings is 1. The molecule has 170 valence electrons. The van der Waals surface area contributed by atoms with Crippen molar-refractivity contribution in [3.8, 4) is 0 Å². The number of amides is 2. The van der Waals surface area contributed by atoms with Crippen molar-refractivity contribution in [2.75, 3.05) is 41.7 Å². The van der Waals surface area contributed by atoms with Crippen molar-refractivity contribution in [3.63, 3.8) is 0 Å². The van der Waals surface area contributed by atoms with Gasteiger partial charge in [0.2, 0.25) is 5.95 Å². The molecule has 2 amide bonds. The lowest BCUT2D eigenvalue weighted by molar-refractivity contribution is -0.185. The van der Waals surface area contributed by atoms with Crippen molar-refractivity contribution < 1.29 is 22.8 Å². The summed E-state index contributed by atoms with van der Waals surface area (Å²) in [6.45, 7) is 0.598. The molecule has 32 heavy (non-hydrogen) atoms. The predicted octanol–water partition coefficient (Wildman–Crippen LogP) is 1.50. The van der Waals surface area contributed by atoms with Gasteiger partial charge in [-0.05, 0) is 37.1 Å². The number of carbonyl (C=O) groups is 2. The SMILES string of the molecule is NC(=O)c1nnc(Nc2ccc(N3CCN(C(=O)C(F)(F)F)CC3)cc2)nc1NC1CC1. The van der Waals surface area contributed by atoms with Crippen LogP contribution in [0.4, 0.5) is 36.3 Å². The third-order valence-corrected chi connectivity index (χ3v) is 5.14. The summed E-state index contributed by atoms with van der Waals surface area (Å²) in [4.78, 5) is 29.9. The maximum atomic E-state index is 12.6. The Bertz CT molecular complexity index is 1000. The van der Waals surface area contributed by atoms with E-state index in [1.165, 1.54) is 0 Å². The molecule has 0 spiro atoms. The van der Waals surface area contributed by atoms with Gasteiger partial charge >= 0.3 is 12.1 Å². The molecule has 0 atom stereocenters. The maximum Gasteiger partial charge on any atom is 0.471 e. The minimum absolute atomic E-state index is 0.000830. The number of nitrogens with two attached hydrogens (primary N) is 1. The summed E-state index contributed by atoms with van der Waals surface area (Å²) in [6, 6.07) is 7.38. The first-order chi connectivity index (χ1) is 15.2. The van der Waals surface area contributed by atoms with Gasteiger partial charge in [-0.15, -0.1) is 10.2 Å². The normalized spacial score (nSPS) is 16.6. The van der Waals surface area contributed by atoms with Gasteiger partial charge in [0.05, 0.1) is 0 Å². The highest BCUT2D eigenvalue weighted by molar-refractivity contribution is 5.95. The number of aromatic nitrogens is 3. The molecule has 0 bridgehead atoms. The fourth-order valence-corrected chi connectivity index (χ4v) is 3.30. The average Bonchev–Trinajstić information content (AvgIpc) is 3.57. The van der Waals surface area contributed by atoms with Gasteiger partial charge in [0, 0.05) is 43.6 Å². The summed E-state index contributed by atoms with van der Waals surface area (Å²) in [5.41, 5.74) is 6.77. The topological polar surface area (TPSA) is 129 Å². The van der Waals surface area contributed by atoms with Crippen LogP contribution in [-0.2, 0) is 4.79 Å². The van der Waals surface area contributed by atoms with Crippen molar-refractivity contribution in [2.24, 2.45) is 5.73 Å². The third-order valence-electron chi connectivity index (χ3n) is 5.14. The molecule has 1 aromatic carbocycles. The van der Waals surface area contributed by atoms with Crippen LogP contribution in [0.15, 0.2) is 24.3 Å². The number of rotatable bonds is 6. The molecule has 1 saturated heterocycles. The Kier molecular flexibility index (Phi) is 5.72. The number of alkyl halides is 3. The van der Waals surface area contributed by atoms with E-state index < -0.39 is 18.0 Å². The van der Waals surface area contributed by atoms with Crippen LogP contribution in [0, 0.1) is 0 Å². The molecule has 4 N–H and O–H groups in total. The van der Waals surface area contributed by atoms with Crippen LogP contribution in [0.2, 0.25) is 0 Å². The Morgan fingerprint density at radius 1 is 1.03 bits per heavy atom. The summed E-state index contributed by atoms with van der Waals surface area (Å²) >= 11 is 0. The number of benzene rings is 1. The van der Waals surface area contributed by atoms with E-state index in [1.807, 2.05) is 4.90 Å². The third kappa shape index (κ3) is 4.98. The summed E-state index contributed by atoms with van der Waals surface area (Å²) in [7, 11) is 0.